The maximum Gasteiger partial charge on any atom is 0.237 e. The molecule has 9 heteroatoms. The molecule has 0 aliphatic carbocycles. The lowest BCUT2D eigenvalue weighted by molar-refractivity contribution is -0.115. The summed E-state index contributed by atoms with van der Waals surface area (Å²) in [6.45, 7) is 7.52. The number of ether oxygens (including phenoxy) is 1. The van der Waals surface area contributed by atoms with Crippen LogP contribution in [0.15, 0.2) is 53.7 Å². The molecule has 1 heterocycles. The number of benzene rings is 2. The van der Waals surface area contributed by atoms with Gasteiger partial charge in [0.1, 0.15) is 0 Å². The predicted molar refractivity (Wildman–Crippen MR) is 121 cm³/mol. The van der Waals surface area contributed by atoms with Crippen LogP contribution in [0.3, 0.4) is 0 Å². The molecule has 3 rings (SSSR count). The fourth-order valence-electron chi connectivity index (χ4n) is 3.00. The van der Waals surface area contributed by atoms with Gasteiger partial charge in [0, 0.05) is 11.7 Å². The Morgan fingerprint density at radius 1 is 1.12 bits per heavy atom. The van der Waals surface area contributed by atoms with Crippen molar-refractivity contribution < 1.29 is 13.9 Å². The summed E-state index contributed by atoms with van der Waals surface area (Å²) in [5, 5.41) is 20.4. The summed E-state index contributed by atoms with van der Waals surface area (Å²) in [5.41, 5.74) is 1.13. The van der Waals surface area contributed by atoms with E-state index < -0.39 is 17.2 Å². The van der Waals surface area contributed by atoms with Gasteiger partial charge in [0.15, 0.2) is 28.7 Å². The van der Waals surface area contributed by atoms with Crippen LogP contribution in [0, 0.1) is 17.1 Å². The fourth-order valence-corrected chi connectivity index (χ4v) is 3.99. The van der Waals surface area contributed by atoms with Crippen LogP contribution in [-0.2, 0) is 4.79 Å². The van der Waals surface area contributed by atoms with Gasteiger partial charge in [-0.2, -0.15) is 5.26 Å². The fraction of sp³-hybridized carbons (Fsp3) is 0.304. The Morgan fingerprint density at radius 2 is 1.81 bits per heavy atom. The van der Waals surface area contributed by atoms with Gasteiger partial charge in [0.2, 0.25) is 5.91 Å². The second kappa shape index (κ2) is 10.3. The highest BCUT2D eigenvalue weighted by Gasteiger charge is 2.25. The van der Waals surface area contributed by atoms with E-state index in [2.05, 4.69) is 15.5 Å². The number of carbonyl (C=O) groups excluding carboxylic acids is 1. The molecule has 2 aromatic carbocycles. The lowest BCUT2D eigenvalue weighted by Crippen LogP contribution is -2.23. The summed E-state index contributed by atoms with van der Waals surface area (Å²) in [6, 6.07) is 14.9. The van der Waals surface area contributed by atoms with Crippen molar-refractivity contribution in [3.8, 4) is 11.8 Å². The molecule has 0 radical (unpaired) electrons. The van der Waals surface area contributed by atoms with E-state index in [0.717, 1.165) is 0 Å². The highest BCUT2D eigenvalue weighted by atomic mass is 32.2. The minimum Gasteiger partial charge on any atom is -0.480 e. The largest absolute Gasteiger partial charge is 0.480 e. The first-order valence-corrected chi connectivity index (χ1v) is 11.0. The molecule has 1 aromatic heterocycles. The van der Waals surface area contributed by atoms with Crippen LogP contribution in [-0.4, -0.2) is 25.9 Å². The monoisotopic (exact) mass is 453 g/mol. The van der Waals surface area contributed by atoms with E-state index in [-0.39, 0.29) is 17.7 Å². The van der Waals surface area contributed by atoms with E-state index in [1.807, 2.05) is 24.5 Å². The quantitative estimate of drug-likeness (QED) is 0.475. The number of para-hydroxylation sites is 1. The lowest BCUT2D eigenvalue weighted by Gasteiger charge is -2.20. The van der Waals surface area contributed by atoms with Crippen molar-refractivity contribution in [2.24, 2.45) is 0 Å². The molecule has 1 amide bonds. The average Bonchev–Trinajstić information content (AvgIpc) is 3.19. The predicted octanol–water partition coefficient (Wildman–Crippen LogP) is 5.13. The van der Waals surface area contributed by atoms with Crippen LogP contribution in [0.2, 0.25) is 0 Å². The Balaban J connectivity index is 1.73. The molecule has 2 unspecified atom stereocenters. The highest BCUT2D eigenvalue weighted by molar-refractivity contribution is 8.00. The molecule has 2 atom stereocenters. The molecule has 0 bridgehead atoms. The van der Waals surface area contributed by atoms with Gasteiger partial charge in [-0.25, -0.2) is 4.39 Å². The number of hydrogen-bond donors (Lipinski definition) is 1. The Kier molecular flexibility index (Phi) is 7.49. The van der Waals surface area contributed by atoms with Crippen molar-refractivity contribution in [1.82, 2.24) is 14.8 Å². The van der Waals surface area contributed by atoms with Crippen molar-refractivity contribution in [3.63, 3.8) is 0 Å². The summed E-state index contributed by atoms with van der Waals surface area (Å²) in [7, 11) is 0. The van der Waals surface area contributed by atoms with Gasteiger partial charge in [0.05, 0.1) is 16.9 Å². The van der Waals surface area contributed by atoms with Gasteiger partial charge in [-0.15, -0.1) is 10.2 Å². The third-order valence-electron chi connectivity index (χ3n) is 4.64. The third-order valence-corrected chi connectivity index (χ3v) is 5.70. The van der Waals surface area contributed by atoms with Gasteiger partial charge < -0.3 is 14.6 Å². The molecule has 0 saturated heterocycles. The smallest absolute Gasteiger partial charge is 0.237 e. The van der Waals surface area contributed by atoms with Gasteiger partial charge >= 0.3 is 0 Å². The van der Waals surface area contributed by atoms with Crippen LogP contribution >= 0.6 is 11.8 Å². The van der Waals surface area contributed by atoms with Crippen molar-refractivity contribution >= 4 is 23.4 Å². The van der Waals surface area contributed by atoms with E-state index >= 15 is 0 Å². The number of amides is 1. The molecule has 32 heavy (non-hydrogen) atoms. The Morgan fingerprint density at radius 3 is 2.44 bits per heavy atom. The first-order valence-electron chi connectivity index (χ1n) is 10.1. The Bertz CT molecular complexity index is 1120. The average molecular weight is 454 g/mol. The van der Waals surface area contributed by atoms with E-state index in [1.54, 1.807) is 56.3 Å². The Hall–Kier alpha value is -3.38. The minimum absolute atomic E-state index is 0.00274. The standard InChI is InChI=1S/C23H24FN5O2S/c1-14(2)29-21(15(3)31-20-8-6-5-7-19(20)24)27-28-23(29)32-16(4)22(30)26-18-11-9-17(13-25)10-12-18/h5-12,14-16H,1-4H3,(H,26,30). The molecule has 0 aliphatic rings. The number of halogens is 1. The van der Waals surface area contributed by atoms with Crippen LogP contribution in [0.5, 0.6) is 5.75 Å². The second-order valence-corrected chi connectivity index (χ2v) is 8.74. The number of nitriles is 1. The number of nitrogens with zero attached hydrogens (tertiary/aromatic N) is 4. The summed E-state index contributed by atoms with van der Waals surface area (Å²) in [5.74, 6) is 0.0426. The maximum atomic E-state index is 14.0. The molecule has 0 saturated carbocycles. The van der Waals surface area contributed by atoms with Gasteiger partial charge in [-0.05, 0) is 64.1 Å². The molecule has 0 spiro atoms. The van der Waals surface area contributed by atoms with Crippen LogP contribution in [0.1, 0.15) is 51.2 Å². The lowest BCUT2D eigenvalue weighted by atomic mass is 10.2. The third kappa shape index (κ3) is 5.45. The zero-order chi connectivity index (χ0) is 23.3. The summed E-state index contributed by atoms with van der Waals surface area (Å²) < 4.78 is 21.6. The highest BCUT2D eigenvalue weighted by Crippen LogP contribution is 2.30. The first kappa shape index (κ1) is 23.3. The summed E-state index contributed by atoms with van der Waals surface area (Å²) in [4.78, 5) is 12.7. The Labute approximate surface area is 190 Å². The number of anilines is 1. The second-order valence-electron chi connectivity index (χ2n) is 7.43. The zero-order valence-electron chi connectivity index (χ0n) is 18.2. The van der Waals surface area contributed by atoms with Crippen LogP contribution in [0.25, 0.3) is 0 Å². The van der Waals surface area contributed by atoms with Crippen LogP contribution < -0.4 is 10.1 Å². The molecule has 1 N–H and O–H groups in total. The molecular formula is C23H24FN5O2S. The summed E-state index contributed by atoms with van der Waals surface area (Å²) in [6.07, 6.45) is -0.543. The topological polar surface area (TPSA) is 92.8 Å². The number of carbonyl (C=O) groups is 1. The van der Waals surface area contributed by atoms with Crippen molar-refractivity contribution in [3.05, 3.63) is 65.7 Å². The van der Waals surface area contributed by atoms with Gasteiger partial charge in [-0.3, -0.25) is 4.79 Å². The molecule has 3 aromatic rings. The van der Waals surface area contributed by atoms with Gasteiger partial charge in [-0.1, -0.05) is 23.9 Å². The van der Waals surface area contributed by atoms with Crippen molar-refractivity contribution in [2.75, 3.05) is 5.32 Å². The number of thioether (sulfide) groups is 1. The molecule has 166 valence electrons. The molecule has 7 nitrogen and oxygen atoms in total. The van der Waals surface area contributed by atoms with E-state index in [4.69, 9.17) is 10.00 Å². The van der Waals surface area contributed by atoms with Crippen molar-refractivity contribution in [2.45, 2.75) is 50.2 Å². The SMILES string of the molecule is CC(Sc1nnc(C(C)Oc2ccccc2F)n1C(C)C)C(=O)Nc1ccc(C#N)cc1. The molecular weight excluding hydrogens is 429 g/mol. The number of hydrogen-bond acceptors (Lipinski definition) is 6. The van der Waals surface area contributed by atoms with E-state index in [1.165, 1.54) is 17.8 Å². The first-order chi connectivity index (χ1) is 15.3. The summed E-state index contributed by atoms with van der Waals surface area (Å²) >= 11 is 1.28. The number of nitrogens with one attached hydrogen (secondary N) is 1. The van der Waals surface area contributed by atoms with E-state index in [9.17, 15) is 9.18 Å². The molecule has 0 aliphatic heterocycles. The number of rotatable bonds is 8. The maximum absolute atomic E-state index is 14.0. The normalized spacial score (nSPS) is 12.8. The van der Waals surface area contributed by atoms with Gasteiger partial charge in [0.25, 0.3) is 0 Å². The molecule has 0 fully saturated rings. The zero-order valence-corrected chi connectivity index (χ0v) is 19.1. The van der Waals surface area contributed by atoms with E-state index in [0.29, 0.717) is 22.2 Å². The van der Waals surface area contributed by atoms with Crippen molar-refractivity contribution in [1.29, 1.82) is 5.26 Å². The minimum atomic E-state index is -0.543. The van der Waals surface area contributed by atoms with Crippen LogP contribution in [0.4, 0.5) is 10.1 Å². The number of aromatic nitrogens is 3.